The zero-order chi connectivity index (χ0) is 10.6. The summed E-state index contributed by atoms with van der Waals surface area (Å²) in [6, 6.07) is 4.04. The molecule has 0 fully saturated rings. The number of aryl methyl sites for hydroxylation is 1. The molecule has 0 atom stereocenters. The van der Waals surface area contributed by atoms with Crippen LogP contribution in [0.1, 0.15) is 11.3 Å². The molecule has 1 heterocycles. The van der Waals surface area contributed by atoms with E-state index >= 15 is 0 Å². The van der Waals surface area contributed by atoms with Gasteiger partial charge in [0.1, 0.15) is 0 Å². The molecule has 1 N–H and O–H groups in total. The minimum absolute atomic E-state index is 0.0551. The molecule has 0 aliphatic carbocycles. The third-order valence-corrected chi connectivity index (χ3v) is 3.26. The number of nitrogens with zero attached hydrogens (tertiary/aromatic N) is 1. The molecule has 1 rings (SSSR count). The van der Waals surface area contributed by atoms with Crippen molar-refractivity contribution in [2.45, 2.75) is 12.8 Å². The Bertz CT molecular complexity index is 312. The summed E-state index contributed by atoms with van der Waals surface area (Å²) in [6.45, 7) is 0. The van der Waals surface area contributed by atoms with Crippen molar-refractivity contribution in [3.63, 3.8) is 0 Å². The number of amides is 1. The van der Waals surface area contributed by atoms with E-state index in [-0.39, 0.29) is 5.91 Å². The number of halogens is 1. The highest BCUT2D eigenvalue weighted by atomic mass is 79.9. The summed E-state index contributed by atoms with van der Waals surface area (Å²) in [5.41, 5.74) is 2.71. The second kappa shape index (κ2) is 5.48. The monoisotopic (exact) mass is 276 g/mol. The number of rotatable bonds is 4. The number of hydrogen-bond donors (Lipinski definition) is 1. The Kier molecular flexibility index (Phi) is 4.57. The smallest absolute Gasteiger partial charge is 0.234 e. The standard InChI is InChI=1S/C9H13BrN2OS/c1-12(2)11-9(13)6-4-7-3-5-8(10)14-7/h3,5H,4,6H2,1-2H3,(H,11,13). The molecule has 0 unspecified atom stereocenters. The van der Waals surface area contributed by atoms with Crippen LogP contribution in [0, 0.1) is 0 Å². The quantitative estimate of drug-likeness (QED) is 0.854. The van der Waals surface area contributed by atoms with E-state index in [1.807, 2.05) is 12.1 Å². The van der Waals surface area contributed by atoms with Crippen molar-refractivity contribution in [1.29, 1.82) is 0 Å². The van der Waals surface area contributed by atoms with Crippen molar-refractivity contribution >= 4 is 33.2 Å². The van der Waals surface area contributed by atoms with Crippen molar-refractivity contribution in [3.05, 3.63) is 20.8 Å². The molecule has 0 spiro atoms. The van der Waals surface area contributed by atoms with Gasteiger partial charge >= 0.3 is 0 Å². The summed E-state index contributed by atoms with van der Waals surface area (Å²) in [5.74, 6) is 0.0551. The molecule has 1 amide bonds. The van der Waals surface area contributed by atoms with Crippen LogP contribution in [0.4, 0.5) is 0 Å². The van der Waals surface area contributed by atoms with Crippen LogP contribution < -0.4 is 5.43 Å². The molecule has 0 saturated carbocycles. The Hall–Kier alpha value is -0.390. The Balaban J connectivity index is 2.30. The van der Waals surface area contributed by atoms with E-state index in [1.54, 1.807) is 30.4 Å². The highest BCUT2D eigenvalue weighted by Crippen LogP contribution is 2.22. The number of thiophene rings is 1. The molecule has 0 aliphatic heterocycles. The fourth-order valence-corrected chi connectivity index (χ4v) is 2.51. The van der Waals surface area contributed by atoms with E-state index < -0.39 is 0 Å². The van der Waals surface area contributed by atoms with Crippen molar-refractivity contribution in [2.24, 2.45) is 0 Å². The summed E-state index contributed by atoms with van der Waals surface area (Å²) in [7, 11) is 3.61. The lowest BCUT2D eigenvalue weighted by Gasteiger charge is -2.10. The first kappa shape index (κ1) is 11.7. The van der Waals surface area contributed by atoms with E-state index in [2.05, 4.69) is 21.4 Å². The van der Waals surface area contributed by atoms with Gasteiger partial charge < -0.3 is 0 Å². The van der Waals surface area contributed by atoms with Gasteiger partial charge in [-0.05, 0) is 34.5 Å². The Labute approximate surface area is 96.2 Å². The van der Waals surface area contributed by atoms with Gasteiger partial charge in [0.25, 0.3) is 0 Å². The molecular weight excluding hydrogens is 264 g/mol. The summed E-state index contributed by atoms with van der Waals surface area (Å²) in [5, 5.41) is 1.66. The zero-order valence-corrected chi connectivity index (χ0v) is 10.6. The third kappa shape index (κ3) is 4.21. The van der Waals surface area contributed by atoms with Crippen LogP contribution in [0.5, 0.6) is 0 Å². The first-order valence-corrected chi connectivity index (χ1v) is 5.90. The maximum atomic E-state index is 11.3. The van der Waals surface area contributed by atoms with Crippen LogP contribution >= 0.6 is 27.3 Å². The maximum Gasteiger partial charge on any atom is 0.234 e. The van der Waals surface area contributed by atoms with Crippen molar-refractivity contribution in [3.8, 4) is 0 Å². The van der Waals surface area contributed by atoms with Gasteiger partial charge in [0.05, 0.1) is 3.79 Å². The molecule has 0 aliphatic rings. The van der Waals surface area contributed by atoms with E-state index in [9.17, 15) is 4.79 Å². The number of hydrogen-bond acceptors (Lipinski definition) is 3. The maximum absolute atomic E-state index is 11.3. The molecule has 1 aromatic rings. The van der Waals surface area contributed by atoms with Crippen molar-refractivity contribution in [2.75, 3.05) is 14.1 Å². The lowest BCUT2D eigenvalue weighted by atomic mass is 10.2. The molecule has 1 aromatic heterocycles. The van der Waals surface area contributed by atoms with Gasteiger partial charge in [-0.2, -0.15) is 0 Å². The summed E-state index contributed by atoms with van der Waals surface area (Å²) in [6.07, 6.45) is 1.33. The van der Waals surface area contributed by atoms with Gasteiger partial charge in [-0.15, -0.1) is 11.3 Å². The van der Waals surface area contributed by atoms with Crippen molar-refractivity contribution in [1.82, 2.24) is 10.4 Å². The van der Waals surface area contributed by atoms with Gasteiger partial charge in [0, 0.05) is 25.4 Å². The molecule has 0 bridgehead atoms. The summed E-state index contributed by atoms with van der Waals surface area (Å²) < 4.78 is 1.11. The minimum atomic E-state index is 0.0551. The highest BCUT2D eigenvalue weighted by Gasteiger charge is 2.04. The Morgan fingerprint density at radius 1 is 1.57 bits per heavy atom. The molecule has 0 saturated heterocycles. The first-order chi connectivity index (χ1) is 6.58. The van der Waals surface area contributed by atoms with E-state index in [1.165, 1.54) is 4.88 Å². The Morgan fingerprint density at radius 2 is 2.29 bits per heavy atom. The predicted molar refractivity (Wildman–Crippen MR) is 62.2 cm³/mol. The molecule has 78 valence electrons. The first-order valence-electron chi connectivity index (χ1n) is 4.29. The number of nitrogens with one attached hydrogen (secondary N) is 1. The van der Waals surface area contributed by atoms with Gasteiger partial charge in [0.2, 0.25) is 5.91 Å². The highest BCUT2D eigenvalue weighted by molar-refractivity contribution is 9.11. The van der Waals surface area contributed by atoms with E-state index in [0.717, 1.165) is 10.2 Å². The van der Waals surface area contributed by atoms with Gasteiger partial charge in [0.15, 0.2) is 0 Å². The molecule has 14 heavy (non-hydrogen) atoms. The molecular formula is C9H13BrN2OS. The number of carbonyl (C=O) groups excluding carboxylic acids is 1. The van der Waals surface area contributed by atoms with E-state index in [4.69, 9.17) is 0 Å². The lowest BCUT2D eigenvalue weighted by molar-refractivity contribution is -0.124. The molecule has 5 heteroatoms. The second-order valence-electron chi connectivity index (χ2n) is 3.14. The van der Waals surface area contributed by atoms with Crippen LogP contribution in [0.15, 0.2) is 15.9 Å². The zero-order valence-electron chi connectivity index (χ0n) is 8.21. The topological polar surface area (TPSA) is 32.3 Å². The fraction of sp³-hybridized carbons (Fsp3) is 0.444. The van der Waals surface area contributed by atoms with Crippen LogP contribution in [0.25, 0.3) is 0 Å². The van der Waals surface area contributed by atoms with Crippen molar-refractivity contribution < 1.29 is 4.79 Å². The van der Waals surface area contributed by atoms with Crippen LogP contribution in [-0.4, -0.2) is 25.0 Å². The summed E-state index contributed by atoms with van der Waals surface area (Å²) >= 11 is 5.06. The minimum Gasteiger partial charge on any atom is -0.289 e. The van der Waals surface area contributed by atoms with Gasteiger partial charge in [-0.3, -0.25) is 10.2 Å². The van der Waals surface area contributed by atoms with Gasteiger partial charge in [-0.25, -0.2) is 5.01 Å². The number of carbonyl (C=O) groups is 1. The summed E-state index contributed by atoms with van der Waals surface area (Å²) in [4.78, 5) is 12.5. The average molecular weight is 277 g/mol. The van der Waals surface area contributed by atoms with Gasteiger partial charge in [-0.1, -0.05) is 0 Å². The van der Waals surface area contributed by atoms with E-state index in [0.29, 0.717) is 6.42 Å². The second-order valence-corrected chi connectivity index (χ2v) is 5.68. The predicted octanol–water partition coefficient (Wildman–Crippen LogP) is 2.04. The third-order valence-electron chi connectivity index (χ3n) is 1.58. The lowest BCUT2D eigenvalue weighted by Crippen LogP contribution is -2.36. The Morgan fingerprint density at radius 3 is 2.79 bits per heavy atom. The largest absolute Gasteiger partial charge is 0.289 e. The SMILES string of the molecule is CN(C)NC(=O)CCc1ccc(Br)s1. The number of hydrazine groups is 1. The normalized spacial score (nSPS) is 10.6. The van der Waals surface area contributed by atoms with Crippen LogP contribution in [-0.2, 0) is 11.2 Å². The molecule has 3 nitrogen and oxygen atoms in total. The van der Waals surface area contributed by atoms with Crippen LogP contribution in [0.2, 0.25) is 0 Å². The average Bonchev–Trinajstić information content (AvgIpc) is 2.47. The fourth-order valence-electron chi connectivity index (χ4n) is 1.03. The molecule has 0 aromatic carbocycles. The molecule has 0 radical (unpaired) electrons. The van der Waals surface area contributed by atoms with Crippen LogP contribution in [0.3, 0.4) is 0 Å².